The molecule has 1 rings (SSSR count). The molecule has 4 heteroatoms. The first-order valence-electron chi connectivity index (χ1n) is 4.03. The minimum atomic E-state index is -0.696. The van der Waals surface area contributed by atoms with Gasteiger partial charge in [-0.3, -0.25) is 0 Å². The lowest BCUT2D eigenvalue weighted by atomic mass is 10.1. The Morgan fingerprint density at radius 3 is 2.71 bits per heavy atom. The normalized spacial score (nSPS) is 10.0. The van der Waals surface area contributed by atoms with E-state index in [2.05, 4.69) is 4.74 Å². The van der Waals surface area contributed by atoms with Crippen molar-refractivity contribution in [3.05, 3.63) is 34.6 Å². The van der Waals surface area contributed by atoms with Crippen molar-refractivity contribution < 1.29 is 13.9 Å². The summed E-state index contributed by atoms with van der Waals surface area (Å²) in [7, 11) is 1.21. The second-order valence-corrected chi connectivity index (χ2v) is 3.17. The standard InChI is InChI=1S/C10H10ClFO2/c1-6-3-7(5-11)9(8(12)4-6)10(13)14-2/h3-4H,5H2,1-2H3. The van der Waals surface area contributed by atoms with E-state index < -0.39 is 11.8 Å². The summed E-state index contributed by atoms with van der Waals surface area (Å²) in [5.74, 6) is -1.20. The first-order valence-corrected chi connectivity index (χ1v) is 4.57. The average molecular weight is 217 g/mol. The molecule has 1 aromatic carbocycles. The summed E-state index contributed by atoms with van der Waals surface area (Å²) in [5.41, 5.74) is 1.11. The highest BCUT2D eigenvalue weighted by molar-refractivity contribution is 6.17. The molecular weight excluding hydrogens is 207 g/mol. The van der Waals surface area contributed by atoms with Crippen LogP contribution >= 0.6 is 11.6 Å². The molecule has 14 heavy (non-hydrogen) atoms. The van der Waals surface area contributed by atoms with E-state index in [0.717, 1.165) is 5.56 Å². The Morgan fingerprint density at radius 2 is 2.21 bits per heavy atom. The number of methoxy groups -OCH3 is 1. The lowest BCUT2D eigenvalue weighted by Gasteiger charge is -2.07. The van der Waals surface area contributed by atoms with Crippen LogP contribution in [-0.4, -0.2) is 13.1 Å². The van der Waals surface area contributed by atoms with Crippen molar-refractivity contribution in [3.63, 3.8) is 0 Å². The number of ether oxygens (including phenoxy) is 1. The number of hydrogen-bond acceptors (Lipinski definition) is 2. The van der Waals surface area contributed by atoms with Gasteiger partial charge < -0.3 is 4.74 Å². The van der Waals surface area contributed by atoms with Crippen molar-refractivity contribution >= 4 is 17.6 Å². The Morgan fingerprint density at radius 1 is 1.57 bits per heavy atom. The first-order chi connectivity index (χ1) is 6.60. The molecule has 1 aromatic rings. The van der Waals surface area contributed by atoms with Gasteiger partial charge in [0.25, 0.3) is 0 Å². The molecule has 0 unspecified atom stereocenters. The quantitative estimate of drug-likeness (QED) is 0.561. The third-order valence-electron chi connectivity index (χ3n) is 1.85. The molecule has 0 radical (unpaired) electrons. The Bertz CT molecular complexity index is 363. The highest BCUT2D eigenvalue weighted by atomic mass is 35.5. The molecule has 0 bridgehead atoms. The van der Waals surface area contributed by atoms with Crippen LogP contribution in [-0.2, 0) is 10.6 Å². The van der Waals surface area contributed by atoms with Gasteiger partial charge in [0.1, 0.15) is 5.82 Å². The van der Waals surface area contributed by atoms with Crippen molar-refractivity contribution in [3.8, 4) is 0 Å². The highest BCUT2D eigenvalue weighted by Gasteiger charge is 2.17. The van der Waals surface area contributed by atoms with Crippen LogP contribution in [0.4, 0.5) is 4.39 Å². The molecule has 0 amide bonds. The maximum absolute atomic E-state index is 13.4. The molecular formula is C10H10ClFO2. The SMILES string of the molecule is COC(=O)c1c(F)cc(C)cc1CCl. The highest BCUT2D eigenvalue weighted by Crippen LogP contribution is 2.19. The Kier molecular flexibility index (Phi) is 3.47. The van der Waals surface area contributed by atoms with Gasteiger partial charge in [0.05, 0.1) is 12.7 Å². The molecule has 0 spiro atoms. The van der Waals surface area contributed by atoms with E-state index in [9.17, 15) is 9.18 Å². The molecule has 2 nitrogen and oxygen atoms in total. The van der Waals surface area contributed by atoms with Crippen LogP contribution in [0.25, 0.3) is 0 Å². The summed E-state index contributed by atoms with van der Waals surface area (Å²) in [4.78, 5) is 11.2. The number of aryl methyl sites for hydroxylation is 1. The molecule has 0 aliphatic carbocycles. The number of benzene rings is 1. The lowest BCUT2D eigenvalue weighted by molar-refractivity contribution is 0.0594. The molecule has 0 aliphatic heterocycles. The second kappa shape index (κ2) is 4.42. The fourth-order valence-corrected chi connectivity index (χ4v) is 1.46. The van der Waals surface area contributed by atoms with Crippen LogP contribution in [0.5, 0.6) is 0 Å². The maximum atomic E-state index is 13.4. The predicted molar refractivity (Wildman–Crippen MR) is 52.0 cm³/mol. The smallest absolute Gasteiger partial charge is 0.341 e. The van der Waals surface area contributed by atoms with Crippen molar-refractivity contribution in [2.24, 2.45) is 0 Å². The van der Waals surface area contributed by atoms with Crippen LogP contribution in [0.15, 0.2) is 12.1 Å². The summed E-state index contributed by atoms with van der Waals surface area (Å²) in [6.45, 7) is 1.74. The lowest BCUT2D eigenvalue weighted by Crippen LogP contribution is -2.08. The average Bonchev–Trinajstić information content (AvgIpc) is 2.15. The van der Waals surface area contributed by atoms with Crippen LogP contribution in [0.1, 0.15) is 21.5 Å². The molecule has 0 saturated heterocycles. The van der Waals surface area contributed by atoms with Gasteiger partial charge in [-0.15, -0.1) is 11.6 Å². The van der Waals surface area contributed by atoms with Gasteiger partial charge in [0.15, 0.2) is 0 Å². The van der Waals surface area contributed by atoms with Crippen LogP contribution in [0, 0.1) is 12.7 Å². The number of rotatable bonds is 2. The van der Waals surface area contributed by atoms with Gasteiger partial charge >= 0.3 is 5.97 Å². The Hall–Kier alpha value is -1.09. The first kappa shape index (κ1) is 11.0. The van der Waals surface area contributed by atoms with E-state index in [1.165, 1.54) is 13.2 Å². The number of carbonyl (C=O) groups is 1. The summed E-state index contributed by atoms with van der Waals surface area (Å²) in [6, 6.07) is 2.95. The minimum Gasteiger partial charge on any atom is -0.465 e. The number of carbonyl (C=O) groups excluding carboxylic acids is 1. The van der Waals surface area contributed by atoms with E-state index in [-0.39, 0.29) is 11.4 Å². The fraction of sp³-hybridized carbons (Fsp3) is 0.300. The van der Waals surface area contributed by atoms with Crippen molar-refractivity contribution in [1.29, 1.82) is 0 Å². The number of halogens is 2. The third kappa shape index (κ3) is 2.04. The van der Waals surface area contributed by atoms with Gasteiger partial charge in [-0.25, -0.2) is 9.18 Å². The largest absolute Gasteiger partial charge is 0.465 e. The molecule has 0 aliphatic rings. The zero-order valence-electron chi connectivity index (χ0n) is 7.93. The summed E-state index contributed by atoms with van der Waals surface area (Å²) in [5, 5.41) is 0. The molecule has 0 saturated carbocycles. The summed E-state index contributed by atoms with van der Waals surface area (Å²) in [6.07, 6.45) is 0. The molecule has 0 heterocycles. The predicted octanol–water partition coefficient (Wildman–Crippen LogP) is 2.66. The molecule has 0 N–H and O–H groups in total. The van der Waals surface area contributed by atoms with E-state index in [4.69, 9.17) is 11.6 Å². The van der Waals surface area contributed by atoms with Gasteiger partial charge in [0.2, 0.25) is 0 Å². The van der Waals surface area contributed by atoms with Crippen LogP contribution < -0.4 is 0 Å². The molecule has 0 aromatic heterocycles. The van der Waals surface area contributed by atoms with E-state index in [1.54, 1.807) is 13.0 Å². The second-order valence-electron chi connectivity index (χ2n) is 2.91. The fourth-order valence-electron chi connectivity index (χ4n) is 1.25. The number of alkyl halides is 1. The van der Waals surface area contributed by atoms with Crippen LogP contribution in [0.2, 0.25) is 0 Å². The van der Waals surface area contributed by atoms with E-state index in [0.29, 0.717) is 5.56 Å². The summed E-state index contributed by atoms with van der Waals surface area (Å²) < 4.78 is 17.8. The zero-order chi connectivity index (χ0) is 10.7. The molecule has 0 fully saturated rings. The van der Waals surface area contributed by atoms with Gasteiger partial charge in [0, 0.05) is 5.88 Å². The van der Waals surface area contributed by atoms with E-state index in [1.807, 2.05) is 0 Å². The molecule has 76 valence electrons. The van der Waals surface area contributed by atoms with Gasteiger partial charge in [-0.1, -0.05) is 6.07 Å². The van der Waals surface area contributed by atoms with Gasteiger partial charge in [-0.05, 0) is 24.1 Å². The molecule has 0 atom stereocenters. The monoisotopic (exact) mass is 216 g/mol. The summed E-state index contributed by atoms with van der Waals surface area (Å²) >= 11 is 5.60. The maximum Gasteiger partial charge on any atom is 0.341 e. The Labute approximate surface area is 86.6 Å². The minimum absolute atomic E-state index is 0.0758. The number of esters is 1. The zero-order valence-corrected chi connectivity index (χ0v) is 8.69. The van der Waals surface area contributed by atoms with E-state index >= 15 is 0 Å². The van der Waals surface area contributed by atoms with Gasteiger partial charge in [-0.2, -0.15) is 0 Å². The van der Waals surface area contributed by atoms with Crippen molar-refractivity contribution in [2.45, 2.75) is 12.8 Å². The third-order valence-corrected chi connectivity index (χ3v) is 2.14. The Balaban J connectivity index is 3.32. The van der Waals surface area contributed by atoms with Crippen molar-refractivity contribution in [2.75, 3.05) is 7.11 Å². The topological polar surface area (TPSA) is 26.3 Å². The van der Waals surface area contributed by atoms with Crippen LogP contribution in [0.3, 0.4) is 0 Å². The van der Waals surface area contributed by atoms with Crippen molar-refractivity contribution in [1.82, 2.24) is 0 Å². The number of hydrogen-bond donors (Lipinski definition) is 0.